The van der Waals surface area contributed by atoms with Gasteiger partial charge < -0.3 is 10.5 Å². The van der Waals surface area contributed by atoms with Crippen LogP contribution in [0.1, 0.15) is 18.5 Å². The van der Waals surface area contributed by atoms with Crippen molar-refractivity contribution in [3.05, 3.63) is 35.9 Å². The number of carbonyl (C=O) groups excluding carboxylic acids is 1. The molecule has 0 aliphatic carbocycles. The summed E-state index contributed by atoms with van der Waals surface area (Å²) in [6.07, 6.45) is 0. The van der Waals surface area contributed by atoms with Crippen LogP contribution in [-0.4, -0.2) is 25.7 Å². The van der Waals surface area contributed by atoms with Gasteiger partial charge in [-0.05, 0) is 12.5 Å². The van der Waals surface area contributed by atoms with Crippen molar-refractivity contribution in [1.29, 1.82) is 0 Å². The molecular formula is C12H18N2O2. The van der Waals surface area contributed by atoms with Crippen LogP contribution in [0.15, 0.2) is 30.3 Å². The second-order valence-corrected chi connectivity index (χ2v) is 3.34. The monoisotopic (exact) mass is 222 g/mol. The predicted octanol–water partition coefficient (Wildman–Crippen LogP) is 0.839. The van der Waals surface area contributed by atoms with Gasteiger partial charge in [-0.3, -0.25) is 5.32 Å². The van der Waals surface area contributed by atoms with E-state index in [0.717, 1.165) is 5.56 Å². The molecule has 0 aromatic heterocycles. The van der Waals surface area contributed by atoms with Crippen LogP contribution in [0.4, 0.5) is 0 Å². The van der Waals surface area contributed by atoms with Crippen LogP contribution < -0.4 is 11.1 Å². The van der Waals surface area contributed by atoms with E-state index in [1.165, 1.54) is 0 Å². The van der Waals surface area contributed by atoms with E-state index in [1.54, 1.807) is 6.92 Å². The maximum atomic E-state index is 11.7. The molecule has 1 aromatic carbocycles. The summed E-state index contributed by atoms with van der Waals surface area (Å²) in [5, 5.41) is 3.07. The lowest BCUT2D eigenvalue weighted by Crippen LogP contribution is -2.33. The van der Waals surface area contributed by atoms with Crippen LogP contribution in [0.25, 0.3) is 0 Å². The first-order chi connectivity index (χ1) is 7.79. The maximum absolute atomic E-state index is 11.7. The topological polar surface area (TPSA) is 64.3 Å². The van der Waals surface area contributed by atoms with Crippen LogP contribution in [0.3, 0.4) is 0 Å². The molecule has 0 bridgehead atoms. The first-order valence-electron chi connectivity index (χ1n) is 5.44. The molecule has 4 nitrogen and oxygen atoms in total. The van der Waals surface area contributed by atoms with Gasteiger partial charge in [-0.25, -0.2) is 4.79 Å². The van der Waals surface area contributed by atoms with Crippen molar-refractivity contribution in [2.24, 2.45) is 5.73 Å². The summed E-state index contributed by atoms with van der Waals surface area (Å²) in [5.74, 6) is -0.262. The zero-order valence-corrected chi connectivity index (χ0v) is 9.48. The van der Waals surface area contributed by atoms with Crippen molar-refractivity contribution in [2.75, 3.05) is 19.7 Å². The molecular weight excluding hydrogens is 204 g/mol. The molecule has 0 spiro atoms. The molecule has 1 aromatic rings. The van der Waals surface area contributed by atoms with Crippen LogP contribution in [-0.2, 0) is 9.53 Å². The summed E-state index contributed by atoms with van der Waals surface area (Å²) in [5.41, 5.74) is 6.31. The number of rotatable bonds is 6. The van der Waals surface area contributed by atoms with E-state index in [4.69, 9.17) is 10.5 Å². The van der Waals surface area contributed by atoms with E-state index >= 15 is 0 Å². The van der Waals surface area contributed by atoms with E-state index in [9.17, 15) is 4.79 Å². The lowest BCUT2D eigenvalue weighted by Gasteiger charge is -2.17. The van der Waals surface area contributed by atoms with Crippen LogP contribution >= 0.6 is 0 Å². The normalized spacial score (nSPS) is 12.1. The van der Waals surface area contributed by atoms with Gasteiger partial charge >= 0.3 is 5.97 Å². The van der Waals surface area contributed by atoms with Crippen molar-refractivity contribution in [2.45, 2.75) is 13.0 Å². The van der Waals surface area contributed by atoms with Crippen molar-refractivity contribution in [3.8, 4) is 0 Å². The van der Waals surface area contributed by atoms with Gasteiger partial charge in [-0.15, -0.1) is 0 Å². The lowest BCUT2D eigenvalue weighted by atomic mass is 10.1. The number of ether oxygens (including phenoxy) is 1. The Labute approximate surface area is 95.8 Å². The first kappa shape index (κ1) is 12.7. The van der Waals surface area contributed by atoms with Crippen molar-refractivity contribution in [1.82, 2.24) is 5.32 Å². The van der Waals surface area contributed by atoms with E-state index in [2.05, 4.69) is 5.32 Å². The fourth-order valence-electron chi connectivity index (χ4n) is 1.44. The lowest BCUT2D eigenvalue weighted by molar-refractivity contribution is -0.145. The highest BCUT2D eigenvalue weighted by Crippen LogP contribution is 2.13. The Morgan fingerprint density at radius 1 is 1.44 bits per heavy atom. The van der Waals surface area contributed by atoms with Crippen LogP contribution in [0, 0.1) is 0 Å². The highest BCUT2D eigenvalue weighted by Gasteiger charge is 2.20. The number of benzene rings is 1. The standard InChI is InChI=1S/C12H18N2O2/c1-2-16-12(15)11(14-9-8-13)10-6-4-3-5-7-10/h3-7,11,14H,2,8-9,13H2,1H3. The maximum Gasteiger partial charge on any atom is 0.327 e. The highest BCUT2D eigenvalue weighted by atomic mass is 16.5. The van der Waals surface area contributed by atoms with Crippen LogP contribution in [0.2, 0.25) is 0 Å². The predicted molar refractivity (Wildman–Crippen MR) is 62.9 cm³/mol. The zero-order valence-electron chi connectivity index (χ0n) is 9.48. The highest BCUT2D eigenvalue weighted by molar-refractivity contribution is 5.77. The van der Waals surface area contributed by atoms with E-state index in [1.807, 2.05) is 30.3 Å². The SMILES string of the molecule is CCOC(=O)C(NCCN)c1ccccc1. The molecule has 0 aliphatic heterocycles. The largest absolute Gasteiger partial charge is 0.465 e. The number of esters is 1. The molecule has 0 radical (unpaired) electrons. The quantitative estimate of drug-likeness (QED) is 0.700. The minimum absolute atomic E-state index is 0.262. The van der Waals surface area contributed by atoms with E-state index in [0.29, 0.717) is 19.7 Å². The Morgan fingerprint density at radius 2 is 2.12 bits per heavy atom. The fraction of sp³-hybridized carbons (Fsp3) is 0.417. The van der Waals surface area contributed by atoms with Gasteiger partial charge in [0, 0.05) is 13.1 Å². The first-order valence-corrected chi connectivity index (χ1v) is 5.44. The number of carbonyl (C=O) groups is 1. The van der Waals surface area contributed by atoms with Gasteiger partial charge in [-0.1, -0.05) is 30.3 Å². The zero-order chi connectivity index (χ0) is 11.8. The summed E-state index contributed by atoms with van der Waals surface area (Å²) in [6, 6.07) is 9.06. The van der Waals surface area contributed by atoms with Crippen LogP contribution in [0.5, 0.6) is 0 Å². The summed E-state index contributed by atoms with van der Waals surface area (Å²) >= 11 is 0. The summed E-state index contributed by atoms with van der Waals surface area (Å²) in [7, 11) is 0. The van der Waals surface area contributed by atoms with Crippen molar-refractivity contribution < 1.29 is 9.53 Å². The third kappa shape index (κ3) is 3.64. The average Bonchev–Trinajstić information content (AvgIpc) is 2.31. The molecule has 0 aliphatic rings. The molecule has 0 heterocycles. The Balaban J connectivity index is 2.74. The third-order valence-corrected chi connectivity index (χ3v) is 2.15. The van der Waals surface area contributed by atoms with Gasteiger partial charge in [0.05, 0.1) is 6.61 Å². The second-order valence-electron chi connectivity index (χ2n) is 3.34. The molecule has 1 atom stereocenters. The smallest absolute Gasteiger partial charge is 0.327 e. The molecule has 4 heteroatoms. The molecule has 3 N–H and O–H groups in total. The summed E-state index contributed by atoms with van der Waals surface area (Å²) in [6.45, 7) is 3.25. The summed E-state index contributed by atoms with van der Waals surface area (Å²) < 4.78 is 5.01. The Kier molecular flexibility index (Phi) is 5.53. The van der Waals surface area contributed by atoms with Gasteiger partial charge in [0.1, 0.15) is 6.04 Å². The van der Waals surface area contributed by atoms with Gasteiger partial charge in [-0.2, -0.15) is 0 Å². The van der Waals surface area contributed by atoms with E-state index < -0.39 is 6.04 Å². The second kappa shape index (κ2) is 6.98. The third-order valence-electron chi connectivity index (χ3n) is 2.15. The minimum atomic E-state index is -0.426. The van der Waals surface area contributed by atoms with Gasteiger partial charge in [0.15, 0.2) is 0 Å². The number of hydrogen-bond donors (Lipinski definition) is 2. The van der Waals surface area contributed by atoms with Crippen molar-refractivity contribution in [3.63, 3.8) is 0 Å². The number of nitrogens with one attached hydrogen (secondary N) is 1. The molecule has 0 saturated heterocycles. The molecule has 0 fully saturated rings. The molecule has 1 rings (SSSR count). The Hall–Kier alpha value is -1.39. The molecule has 0 saturated carbocycles. The van der Waals surface area contributed by atoms with E-state index in [-0.39, 0.29) is 5.97 Å². The average molecular weight is 222 g/mol. The van der Waals surface area contributed by atoms with Gasteiger partial charge in [0.25, 0.3) is 0 Å². The molecule has 1 unspecified atom stereocenters. The van der Waals surface area contributed by atoms with Crippen molar-refractivity contribution >= 4 is 5.97 Å². The molecule has 0 amide bonds. The van der Waals surface area contributed by atoms with Gasteiger partial charge in [0.2, 0.25) is 0 Å². The minimum Gasteiger partial charge on any atom is -0.465 e. The number of hydrogen-bond acceptors (Lipinski definition) is 4. The fourth-order valence-corrected chi connectivity index (χ4v) is 1.44. The Bertz CT molecular complexity index is 314. The molecule has 88 valence electrons. The molecule has 16 heavy (non-hydrogen) atoms. The number of nitrogens with two attached hydrogens (primary N) is 1. The summed E-state index contributed by atoms with van der Waals surface area (Å²) in [4.78, 5) is 11.7. The Morgan fingerprint density at radius 3 is 2.69 bits per heavy atom.